The zero-order valence-corrected chi connectivity index (χ0v) is 16.0. The number of hydrogen-bond acceptors (Lipinski definition) is 6. The molecule has 0 amide bonds. The molecule has 0 spiro atoms. The Morgan fingerprint density at radius 1 is 1.08 bits per heavy atom. The predicted molar refractivity (Wildman–Crippen MR) is 98.4 cm³/mol. The van der Waals surface area contributed by atoms with Crippen LogP contribution < -0.4 is 4.74 Å². The number of ether oxygens (including phenoxy) is 1. The largest absolute Gasteiger partial charge is 0.484 e. The molecule has 0 aliphatic heterocycles. The van der Waals surface area contributed by atoms with Crippen LogP contribution in [0.15, 0.2) is 40.0 Å². The molecule has 2 heterocycles. The number of halogens is 2. The maximum Gasteiger partial charge on any atom is 0.277 e. The number of nitrogens with zero attached hydrogens (tertiary/aromatic N) is 3. The molecule has 0 aliphatic carbocycles. The lowest BCUT2D eigenvalue weighted by Crippen LogP contribution is -1.97. The van der Waals surface area contributed by atoms with Crippen LogP contribution >= 0.6 is 35.0 Å². The van der Waals surface area contributed by atoms with E-state index in [2.05, 4.69) is 15.2 Å². The van der Waals surface area contributed by atoms with Crippen LogP contribution in [0.25, 0.3) is 0 Å². The molecule has 0 saturated heterocycles. The minimum atomic E-state index is 0.227. The molecule has 0 fully saturated rings. The molecule has 0 bridgehead atoms. The van der Waals surface area contributed by atoms with Crippen molar-refractivity contribution in [2.45, 2.75) is 31.4 Å². The van der Waals surface area contributed by atoms with Gasteiger partial charge in [-0.25, -0.2) is 4.98 Å². The van der Waals surface area contributed by atoms with Gasteiger partial charge in [0.15, 0.2) is 6.61 Å². The van der Waals surface area contributed by atoms with E-state index in [1.807, 2.05) is 32.0 Å². The van der Waals surface area contributed by atoms with Crippen LogP contribution in [0.1, 0.15) is 22.6 Å². The van der Waals surface area contributed by atoms with E-state index in [1.165, 1.54) is 11.8 Å². The van der Waals surface area contributed by atoms with Crippen molar-refractivity contribution in [3.8, 4) is 5.75 Å². The average molecular weight is 396 g/mol. The van der Waals surface area contributed by atoms with Crippen LogP contribution in [-0.2, 0) is 12.4 Å². The zero-order valence-electron chi connectivity index (χ0n) is 13.6. The maximum atomic E-state index is 5.89. The van der Waals surface area contributed by atoms with Gasteiger partial charge < -0.3 is 9.15 Å². The van der Waals surface area contributed by atoms with Gasteiger partial charge in [-0.3, -0.25) is 0 Å². The standard InChI is InChI=1S/C17H15Cl2N3O2S/c1-10-3-4-11(2)13(5-10)23-8-16-21-22-17(24-16)25-9-12-6-14(18)20-15(19)7-12/h3-7H,8-9H2,1-2H3. The summed E-state index contributed by atoms with van der Waals surface area (Å²) in [5.74, 6) is 1.84. The van der Waals surface area contributed by atoms with Gasteiger partial charge in [-0.1, -0.05) is 47.1 Å². The Morgan fingerprint density at radius 2 is 1.84 bits per heavy atom. The minimum Gasteiger partial charge on any atom is -0.484 e. The summed E-state index contributed by atoms with van der Waals surface area (Å²) < 4.78 is 11.4. The predicted octanol–water partition coefficient (Wildman–Crippen LogP) is 5.26. The van der Waals surface area contributed by atoms with E-state index in [0.29, 0.717) is 27.2 Å². The number of benzene rings is 1. The molecule has 3 aromatic rings. The lowest BCUT2D eigenvalue weighted by atomic mass is 10.1. The molecule has 0 atom stereocenters. The highest BCUT2D eigenvalue weighted by atomic mass is 35.5. The molecule has 1 aromatic carbocycles. The third kappa shape index (κ3) is 5.11. The summed E-state index contributed by atoms with van der Waals surface area (Å²) in [4.78, 5) is 3.91. The first kappa shape index (κ1) is 18.0. The molecule has 130 valence electrons. The molecule has 0 N–H and O–H groups in total. The monoisotopic (exact) mass is 395 g/mol. The van der Waals surface area contributed by atoms with Crippen molar-refractivity contribution in [1.29, 1.82) is 0 Å². The lowest BCUT2D eigenvalue weighted by molar-refractivity contribution is 0.250. The molecule has 25 heavy (non-hydrogen) atoms. The van der Waals surface area contributed by atoms with Crippen molar-refractivity contribution >= 4 is 35.0 Å². The lowest BCUT2D eigenvalue weighted by Gasteiger charge is -2.07. The fourth-order valence-corrected chi connectivity index (χ4v) is 3.32. The second kappa shape index (κ2) is 8.08. The van der Waals surface area contributed by atoms with Gasteiger partial charge in [-0.2, -0.15) is 0 Å². The number of rotatable bonds is 6. The first-order chi connectivity index (χ1) is 12.0. The summed E-state index contributed by atoms with van der Waals surface area (Å²) in [6.07, 6.45) is 0. The molecule has 8 heteroatoms. The summed E-state index contributed by atoms with van der Waals surface area (Å²) in [5.41, 5.74) is 3.13. The number of hydrogen-bond donors (Lipinski definition) is 0. The fourth-order valence-electron chi connectivity index (χ4n) is 2.10. The highest BCUT2D eigenvalue weighted by molar-refractivity contribution is 7.98. The third-order valence-electron chi connectivity index (χ3n) is 3.33. The van der Waals surface area contributed by atoms with Crippen LogP contribution in [-0.4, -0.2) is 15.2 Å². The van der Waals surface area contributed by atoms with E-state index in [4.69, 9.17) is 32.4 Å². The van der Waals surface area contributed by atoms with Gasteiger partial charge in [0.25, 0.3) is 11.1 Å². The second-order valence-electron chi connectivity index (χ2n) is 5.43. The highest BCUT2D eigenvalue weighted by Gasteiger charge is 2.10. The first-order valence-electron chi connectivity index (χ1n) is 7.47. The Kier molecular flexibility index (Phi) is 5.83. The summed E-state index contributed by atoms with van der Waals surface area (Å²) in [6, 6.07) is 9.55. The van der Waals surface area contributed by atoms with Gasteiger partial charge in [-0.05, 0) is 48.7 Å². The second-order valence-corrected chi connectivity index (χ2v) is 7.13. The Balaban J connectivity index is 1.58. The van der Waals surface area contributed by atoms with E-state index in [-0.39, 0.29) is 6.61 Å². The highest BCUT2D eigenvalue weighted by Crippen LogP contribution is 2.25. The molecule has 0 unspecified atom stereocenters. The molecular weight excluding hydrogens is 381 g/mol. The van der Waals surface area contributed by atoms with Crippen LogP contribution in [0, 0.1) is 13.8 Å². The van der Waals surface area contributed by atoms with Crippen molar-refractivity contribution in [1.82, 2.24) is 15.2 Å². The van der Waals surface area contributed by atoms with Crippen molar-refractivity contribution in [3.05, 3.63) is 63.2 Å². The first-order valence-corrected chi connectivity index (χ1v) is 9.21. The van der Waals surface area contributed by atoms with E-state index in [0.717, 1.165) is 22.4 Å². The molecule has 0 aliphatic rings. The van der Waals surface area contributed by atoms with Gasteiger partial charge in [0, 0.05) is 5.75 Å². The quantitative estimate of drug-likeness (QED) is 0.418. The van der Waals surface area contributed by atoms with Crippen molar-refractivity contribution < 1.29 is 9.15 Å². The van der Waals surface area contributed by atoms with E-state index < -0.39 is 0 Å². The average Bonchev–Trinajstić information content (AvgIpc) is 3.01. The molecule has 5 nitrogen and oxygen atoms in total. The summed E-state index contributed by atoms with van der Waals surface area (Å²) in [6.45, 7) is 4.24. The topological polar surface area (TPSA) is 61.0 Å². The van der Waals surface area contributed by atoms with Crippen LogP contribution in [0.3, 0.4) is 0 Å². The Bertz CT molecular complexity index is 866. The normalized spacial score (nSPS) is 10.9. The Hall–Kier alpha value is -1.76. The molecule has 3 rings (SSSR count). The fraction of sp³-hybridized carbons (Fsp3) is 0.235. The van der Waals surface area contributed by atoms with Crippen molar-refractivity contribution in [2.75, 3.05) is 0 Å². The smallest absolute Gasteiger partial charge is 0.277 e. The summed E-state index contributed by atoms with van der Waals surface area (Å²) in [5, 5.41) is 9.19. The van der Waals surface area contributed by atoms with Gasteiger partial charge in [0.1, 0.15) is 16.1 Å². The third-order valence-corrected chi connectivity index (χ3v) is 4.60. The van der Waals surface area contributed by atoms with E-state index in [1.54, 1.807) is 12.1 Å². The number of aromatic nitrogens is 3. The van der Waals surface area contributed by atoms with Crippen molar-refractivity contribution in [3.63, 3.8) is 0 Å². The van der Waals surface area contributed by atoms with E-state index >= 15 is 0 Å². The Morgan fingerprint density at radius 3 is 2.60 bits per heavy atom. The van der Waals surface area contributed by atoms with Crippen LogP contribution in [0.2, 0.25) is 10.3 Å². The van der Waals surface area contributed by atoms with Crippen molar-refractivity contribution in [2.24, 2.45) is 0 Å². The number of aryl methyl sites for hydroxylation is 2. The Labute approximate surface area is 159 Å². The molecular formula is C17H15Cl2N3O2S. The molecule has 0 radical (unpaired) electrons. The van der Waals surface area contributed by atoms with Gasteiger partial charge in [0.05, 0.1) is 0 Å². The number of thioether (sulfide) groups is 1. The van der Waals surface area contributed by atoms with Gasteiger partial charge >= 0.3 is 0 Å². The van der Waals surface area contributed by atoms with Gasteiger partial charge in [0.2, 0.25) is 0 Å². The summed E-state index contributed by atoms with van der Waals surface area (Å²) in [7, 11) is 0. The summed E-state index contributed by atoms with van der Waals surface area (Å²) >= 11 is 13.2. The van der Waals surface area contributed by atoms with Crippen LogP contribution in [0.4, 0.5) is 0 Å². The molecule has 2 aromatic heterocycles. The van der Waals surface area contributed by atoms with E-state index in [9.17, 15) is 0 Å². The maximum absolute atomic E-state index is 5.89. The van der Waals surface area contributed by atoms with Gasteiger partial charge in [-0.15, -0.1) is 10.2 Å². The minimum absolute atomic E-state index is 0.227. The zero-order chi connectivity index (χ0) is 17.8. The number of pyridine rings is 1. The SMILES string of the molecule is Cc1ccc(C)c(OCc2nnc(SCc3cc(Cl)nc(Cl)c3)o2)c1. The van der Waals surface area contributed by atoms with Crippen LogP contribution in [0.5, 0.6) is 5.75 Å². The molecule has 0 saturated carbocycles.